The van der Waals surface area contributed by atoms with Gasteiger partial charge in [0.05, 0.1) is 46.7 Å². The summed E-state index contributed by atoms with van der Waals surface area (Å²) in [5.41, 5.74) is 7.97. The highest BCUT2D eigenvalue weighted by atomic mass is 16.5. The minimum Gasteiger partial charge on any atom is -0.496 e. The molecular formula is C37H46N4O5. The highest BCUT2D eigenvalue weighted by molar-refractivity contribution is 5.66. The van der Waals surface area contributed by atoms with E-state index >= 15 is 0 Å². The van der Waals surface area contributed by atoms with Crippen molar-refractivity contribution in [3.63, 3.8) is 0 Å². The first-order valence-electron chi connectivity index (χ1n) is 15.8. The number of rotatable bonds is 16. The normalized spacial score (nSPS) is 15.8. The number of carbonyl (C=O) groups excluding carboxylic acids is 1. The molecular weight excluding hydrogens is 580 g/mol. The third kappa shape index (κ3) is 7.89. The third-order valence-corrected chi connectivity index (χ3v) is 8.75. The highest BCUT2D eigenvalue weighted by Crippen LogP contribution is 2.45. The highest BCUT2D eigenvalue weighted by Gasteiger charge is 2.27. The Bertz CT molecular complexity index is 1560. The standard InChI is InChI=1S/C37H46N4O5/c1-25-31(28-7-8-28)19-29(20-34(25)43-3)32-17-26(9-11-38-32)23-40(2)13-14-41(15-16-42)24-27-10-12-39-33(18-27)30-21-35(44-4)37(46-6)36(22-30)45-5/h9-12,16-22,28,33,39H,7-8,13-15,23-24H2,1-6H3. The second-order valence-corrected chi connectivity index (χ2v) is 12.0. The van der Waals surface area contributed by atoms with Crippen molar-refractivity contribution < 1.29 is 23.7 Å². The van der Waals surface area contributed by atoms with Crippen molar-refractivity contribution in [2.24, 2.45) is 0 Å². The number of hydrogen-bond donors (Lipinski definition) is 1. The quantitative estimate of drug-likeness (QED) is 0.202. The minimum absolute atomic E-state index is 0.0794. The van der Waals surface area contributed by atoms with Crippen LogP contribution in [-0.2, 0) is 11.3 Å². The number of dihydropyridines is 1. The molecule has 2 heterocycles. The molecule has 1 aromatic heterocycles. The fourth-order valence-corrected chi connectivity index (χ4v) is 6.07. The maximum atomic E-state index is 11.6. The molecule has 0 spiro atoms. The van der Waals surface area contributed by atoms with Crippen LogP contribution in [-0.4, -0.2) is 82.7 Å². The van der Waals surface area contributed by atoms with Crippen LogP contribution in [0.3, 0.4) is 0 Å². The molecule has 1 unspecified atom stereocenters. The lowest BCUT2D eigenvalue weighted by molar-refractivity contribution is -0.108. The summed E-state index contributed by atoms with van der Waals surface area (Å²) in [7, 11) is 8.68. The summed E-state index contributed by atoms with van der Waals surface area (Å²) in [4.78, 5) is 20.8. The van der Waals surface area contributed by atoms with Crippen LogP contribution >= 0.6 is 0 Å². The van der Waals surface area contributed by atoms with Gasteiger partial charge in [-0.2, -0.15) is 0 Å². The van der Waals surface area contributed by atoms with Gasteiger partial charge in [-0.1, -0.05) is 6.08 Å². The van der Waals surface area contributed by atoms with E-state index in [0.29, 0.717) is 36.3 Å². The monoisotopic (exact) mass is 626 g/mol. The van der Waals surface area contributed by atoms with Crippen LogP contribution in [0.15, 0.2) is 66.5 Å². The van der Waals surface area contributed by atoms with Crippen LogP contribution in [0, 0.1) is 6.92 Å². The van der Waals surface area contributed by atoms with Crippen LogP contribution in [0.1, 0.15) is 47.1 Å². The Labute approximate surface area is 272 Å². The second kappa shape index (κ2) is 15.3. The zero-order chi connectivity index (χ0) is 32.6. The number of nitrogens with one attached hydrogen (secondary N) is 1. The number of methoxy groups -OCH3 is 4. The summed E-state index contributed by atoms with van der Waals surface area (Å²) in [5.74, 6) is 3.33. The molecule has 1 aliphatic carbocycles. The molecule has 2 aromatic carbocycles. The summed E-state index contributed by atoms with van der Waals surface area (Å²) < 4.78 is 22.3. The Kier molecular flexibility index (Phi) is 11.0. The van der Waals surface area contributed by atoms with Crippen LogP contribution in [0.5, 0.6) is 23.0 Å². The SMILES string of the molecule is COc1cc(-c2cc(CN(C)CCN(CC=O)CC3=CC(c4cc(OC)c(OC)c(OC)c4)NC=C3)ccn2)cc(C2CC2)c1C. The topological polar surface area (TPSA) is 85.4 Å². The first-order valence-corrected chi connectivity index (χ1v) is 15.8. The molecule has 9 nitrogen and oxygen atoms in total. The second-order valence-electron chi connectivity index (χ2n) is 12.0. The van der Waals surface area contributed by atoms with E-state index in [2.05, 4.69) is 65.5 Å². The van der Waals surface area contributed by atoms with Crippen molar-refractivity contribution in [2.45, 2.75) is 38.3 Å². The fourth-order valence-electron chi connectivity index (χ4n) is 6.07. The minimum atomic E-state index is -0.0794. The molecule has 0 bridgehead atoms. The lowest BCUT2D eigenvalue weighted by Gasteiger charge is -2.27. The van der Waals surface area contributed by atoms with Gasteiger partial charge in [0.2, 0.25) is 5.75 Å². The number of nitrogens with zero attached hydrogens (tertiary/aromatic N) is 3. The molecule has 0 radical (unpaired) electrons. The third-order valence-electron chi connectivity index (χ3n) is 8.75. The Morgan fingerprint density at radius 1 is 0.935 bits per heavy atom. The number of aromatic nitrogens is 1. The lowest BCUT2D eigenvalue weighted by atomic mass is 9.98. The molecule has 2 aliphatic rings. The molecule has 1 saturated carbocycles. The maximum Gasteiger partial charge on any atom is 0.203 e. The lowest BCUT2D eigenvalue weighted by Crippen LogP contribution is -2.36. The number of ether oxygens (including phenoxy) is 4. The van der Waals surface area contributed by atoms with E-state index in [0.717, 1.165) is 54.1 Å². The van der Waals surface area contributed by atoms with E-state index in [1.165, 1.54) is 29.5 Å². The van der Waals surface area contributed by atoms with Crippen LogP contribution in [0.2, 0.25) is 0 Å². The van der Waals surface area contributed by atoms with Gasteiger partial charge >= 0.3 is 0 Å². The van der Waals surface area contributed by atoms with E-state index in [1.807, 2.05) is 24.5 Å². The van der Waals surface area contributed by atoms with Gasteiger partial charge in [0.15, 0.2) is 11.5 Å². The summed E-state index contributed by atoms with van der Waals surface area (Å²) in [5, 5.41) is 3.41. The van der Waals surface area contributed by atoms with Gasteiger partial charge in [0, 0.05) is 37.9 Å². The number of pyridine rings is 1. The van der Waals surface area contributed by atoms with E-state index < -0.39 is 0 Å². The van der Waals surface area contributed by atoms with Crippen molar-refractivity contribution >= 4 is 6.29 Å². The number of benzene rings is 2. The molecule has 0 amide bonds. The first kappa shape index (κ1) is 33.0. The molecule has 0 saturated heterocycles. The van der Waals surface area contributed by atoms with Gasteiger partial charge in [-0.15, -0.1) is 0 Å². The van der Waals surface area contributed by atoms with E-state index in [1.54, 1.807) is 28.4 Å². The van der Waals surface area contributed by atoms with Crippen molar-refractivity contribution in [1.82, 2.24) is 20.1 Å². The molecule has 46 heavy (non-hydrogen) atoms. The van der Waals surface area contributed by atoms with Crippen LogP contribution in [0.25, 0.3) is 11.3 Å². The van der Waals surface area contributed by atoms with Gasteiger partial charge < -0.3 is 34.0 Å². The average Bonchev–Trinajstić information content (AvgIpc) is 3.92. The summed E-state index contributed by atoms with van der Waals surface area (Å²) in [6, 6.07) is 12.5. The predicted molar refractivity (Wildman–Crippen MR) is 181 cm³/mol. The van der Waals surface area contributed by atoms with Gasteiger partial charge in [-0.25, -0.2) is 0 Å². The summed E-state index contributed by atoms with van der Waals surface area (Å²) in [6.45, 7) is 5.50. The Hall–Kier alpha value is -4.34. The van der Waals surface area contributed by atoms with Crippen LogP contribution in [0.4, 0.5) is 0 Å². The molecule has 5 rings (SSSR count). The molecule has 244 valence electrons. The van der Waals surface area contributed by atoms with E-state index in [4.69, 9.17) is 23.9 Å². The zero-order valence-corrected chi connectivity index (χ0v) is 27.8. The van der Waals surface area contributed by atoms with Crippen molar-refractivity contribution in [2.75, 3.05) is 61.7 Å². The van der Waals surface area contributed by atoms with Gasteiger partial charge in [0.1, 0.15) is 12.0 Å². The Balaban J connectivity index is 1.23. The molecule has 1 atom stereocenters. The molecule has 3 aromatic rings. The number of carbonyl (C=O) groups is 1. The Morgan fingerprint density at radius 3 is 2.33 bits per heavy atom. The van der Waals surface area contributed by atoms with Gasteiger partial charge in [0.25, 0.3) is 0 Å². The molecule has 1 N–H and O–H groups in total. The number of aldehydes is 1. The smallest absolute Gasteiger partial charge is 0.203 e. The van der Waals surface area contributed by atoms with Crippen molar-refractivity contribution in [3.05, 3.63) is 88.8 Å². The first-order chi connectivity index (χ1) is 22.4. The number of likely N-dealkylation sites (N-methyl/N-ethyl adjacent to an activating group) is 1. The fraction of sp³-hybridized carbons (Fsp3) is 0.405. The van der Waals surface area contributed by atoms with Gasteiger partial charge in [-0.3, -0.25) is 9.88 Å². The van der Waals surface area contributed by atoms with Gasteiger partial charge in [-0.05, 0) is 109 Å². The van der Waals surface area contributed by atoms with E-state index in [9.17, 15) is 4.79 Å². The molecule has 1 aliphatic heterocycles. The zero-order valence-electron chi connectivity index (χ0n) is 27.8. The Morgan fingerprint density at radius 2 is 1.67 bits per heavy atom. The van der Waals surface area contributed by atoms with E-state index in [-0.39, 0.29) is 6.04 Å². The number of hydrogen-bond acceptors (Lipinski definition) is 9. The predicted octanol–water partition coefficient (Wildman–Crippen LogP) is 5.69. The summed E-state index contributed by atoms with van der Waals surface area (Å²) >= 11 is 0. The van der Waals surface area contributed by atoms with Crippen molar-refractivity contribution in [3.8, 4) is 34.3 Å². The largest absolute Gasteiger partial charge is 0.496 e. The van der Waals surface area contributed by atoms with Crippen molar-refractivity contribution in [1.29, 1.82) is 0 Å². The average molecular weight is 627 g/mol. The molecule has 9 heteroatoms. The summed E-state index contributed by atoms with van der Waals surface area (Å²) in [6.07, 6.45) is 11.5. The molecule has 1 fully saturated rings. The maximum absolute atomic E-state index is 11.6. The van der Waals surface area contributed by atoms with Crippen LogP contribution < -0.4 is 24.3 Å².